The lowest BCUT2D eigenvalue weighted by Gasteiger charge is -2.15. The van der Waals surface area contributed by atoms with Crippen LogP contribution in [0.4, 0.5) is 0 Å². The molecule has 0 saturated heterocycles. The largest absolute Gasteiger partial charge is 0.508 e. The average Bonchev–Trinajstić information content (AvgIpc) is 2.91. The molecular weight excluding hydrogens is 298 g/mol. The molecule has 1 aromatic heterocycles. The molecule has 1 heterocycles. The smallest absolute Gasteiger partial charge is 0.371 e. The van der Waals surface area contributed by atoms with Crippen LogP contribution in [0.5, 0.6) is 5.75 Å². The van der Waals surface area contributed by atoms with Crippen LogP contribution in [0.25, 0.3) is 0 Å². The molecule has 0 fully saturated rings. The van der Waals surface area contributed by atoms with Crippen molar-refractivity contribution in [3.05, 3.63) is 47.7 Å². The molecule has 7 nitrogen and oxygen atoms in total. The summed E-state index contributed by atoms with van der Waals surface area (Å²) < 4.78 is 30.3. The van der Waals surface area contributed by atoms with Crippen molar-refractivity contribution >= 4 is 16.0 Å². The lowest BCUT2D eigenvalue weighted by Crippen LogP contribution is -2.26. The molecular formula is C13H13NO6S. The van der Waals surface area contributed by atoms with Crippen molar-refractivity contribution in [3.8, 4) is 5.75 Å². The molecule has 0 radical (unpaired) electrons. The van der Waals surface area contributed by atoms with Gasteiger partial charge in [-0.15, -0.1) is 0 Å². The fraction of sp³-hybridized carbons (Fsp3) is 0.154. The summed E-state index contributed by atoms with van der Waals surface area (Å²) >= 11 is 0. The number of benzene rings is 1. The molecule has 0 amide bonds. The minimum absolute atomic E-state index is 0.0612. The number of rotatable bonds is 5. The zero-order valence-corrected chi connectivity index (χ0v) is 11.9. The van der Waals surface area contributed by atoms with Gasteiger partial charge >= 0.3 is 5.97 Å². The predicted octanol–water partition coefficient (Wildman–Crippen LogP) is 1.50. The maximum Gasteiger partial charge on any atom is 0.371 e. The van der Waals surface area contributed by atoms with Crippen molar-refractivity contribution in [2.24, 2.45) is 0 Å². The van der Waals surface area contributed by atoms with Gasteiger partial charge in [-0.1, -0.05) is 12.1 Å². The van der Waals surface area contributed by atoms with Gasteiger partial charge in [0.1, 0.15) is 5.75 Å². The molecule has 8 heteroatoms. The normalized spacial score (nSPS) is 11.7. The first kappa shape index (κ1) is 15.1. The second kappa shape index (κ2) is 5.58. The molecule has 0 aliphatic heterocycles. The second-order valence-electron chi connectivity index (χ2n) is 4.35. The van der Waals surface area contributed by atoms with E-state index in [-0.39, 0.29) is 12.3 Å². The summed E-state index contributed by atoms with van der Waals surface area (Å²) in [6.07, 6.45) is 0. The number of carboxylic acids is 1. The number of carboxylic acid groups (broad SMARTS) is 1. The topological polar surface area (TPSA) is 108 Å². The molecule has 0 unspecified atom stereocenters. The maximum atomic E-state index is 12.2. The third kappa shape index (κ3) is 3.23. The van der Waals surface area contributed by atoms with Crippen molar-refractivity contribution in [3.63, 3.8) is 0 Å². The summed E-state index contributed by atoms with van der Waals surface area (Å²) in [6.45, 7) is 0.0612. The summed E-state index contributed by atoms with van der Waals surface area (Å²) in [4.78, 5) is 10.7. The number of aromatic hydroxyl groups is 1. The van der Waals surface area contributed by atoms with E-state index in [2.05, 4.69) is 0 Å². The monoisotopic (exact) mass is 311 g/mol. The van der Waals surface area contributed by atoms with Crippen molar-refractivity contribution < 1.29 is 27.8 Å². The number of hydrogen-bond acceptors (Lipinski definition) is 5. The molecule has 112 valence electrons. The van der Waals surface area contributed by atoms with E-state index in [1.54, 1.807) is 12.1 Å². The number of furan rings is 1. The highest BCUT2D eigenvalue weighted by molar-refractivity contribution is 7.88. The maximum absolute atomic E-state index is 12.2. The number of nitrogens with zero attached hydrogens (tertiary/aromatic N) is 1. The first-order chi connectivity index (χ1) is 9.80. The van der Waals surface area contributed by atoms with Gasteiger partial charge in [-0.25, -0.2) is 13.2 Å². The van der Waals surface area contributed by atoms with Gasteiger partial charge in [-0.3, -0.25) is 0 Å². The zero-order valence-electron chi connectivity index (χ0n) is 11.1. The molecule has 0 aliphatic carbocycles. The van der Waals surface area contributed by atoms with E-state index in [4.69, 9.17) is 9.52 Å². The van der Waals surface area contributed by atoms with E-state index in [9.17, 15) is 18.3 Å². The summed E-state index contributed by atoms with van der Waals surface area (Å²) in [5.41, 5.74) is 0.670. The molecule has 0 atom stereocenters. The van der Waals surface area contributed by atoms with E-state index >= 15 is 0 Å². The predicted molar refractivity (Wildman–Crippen MR) is 72.4 cm³/mol. The Morgan fingerprint density at radius 1 is 1.19 bits per heavy atom. The fourth-order valence-corrected chi connectivity index (χ4v) is 2.73. The summed E-state index contributed by atoms with van der Waals surface area (Å²) in [5.74, 6) is -1.69. The van der Waals surface area contributed by atoms with Crippen molar-refractivity contribution in [2.75, 3.05) is 7.05 Å². The number of phenolic OH excluding ortho intramolecular Hbond substituents is 1. The lowest BCUT2D eigenvalue weighted by molar-refractivity contribution is 0.0656. The van der Waals surface area contributed by atoms with Crippen molar-refractivity contribution in [1.82, 2.24) is 4.31 Å². The van der Waals surface area contributed by atoms with Gasteiger partial charge in [0.05, 0.1) is 0 Å². The summed E-state index contributed by atoms with van der Waals surface area (Å²) in [7, 11) is -2.57. The Bertz CT molecular complexity index is 747. The first-order valence-corrected chi connectivity index (χ1v) is 7.32. The Hall–Kier alpha value is -2.32. The van der Waals surface area contributed by atoms with E-state index in [0.29, 0.717) is 5.56 Å². The van der Waals surface area contributed by atoms with Crippen LogP contribution in [-0.4, -0.2) is 36.0 Å². The van der Waals surface area contributed by atoms with Gasteiger partial charge in [0.2, 0.25) is 10.9 Å². The van der Waals surface area contributed by atoms with E-state index in [0.717, 1.165) is 16.4 Å². The highest BCUT2D eigenvalue weighted by Crippen LogP contribution is 2.20. The van der Waals surface area contributed by atoms with Gasteiger partial charge in [0.15, 0.2) is 0 Å². The second-order valence-corrected chi connectivity index (χ2v) is 6.33. The van der Waals surface area contributed by atoms with Crippen molar-refractivity contribution in [2.45, 2.75) is 11.6 Å². The van der Waals surface area contributed by atoms with Gasteiger partial charge in [0, 0.05) is 13.6 Å². The standard InChI is InChI=1S/C13H13NO6S/c1-14(8-9-2-4-10(15)5-3-9)21(18,19)12-7-6-11(20-12)13(16)17/h2-7,15H,8H2,1H3,(H,16,17). The number of phenols is 1. The van der Waals surface area contributed by atoms with Crippen LogP contribution < -0.4 is 0 Å². The quantitative estimate of drug-likeness (QED) is 0.866. The van der Waals surface area contributed by atoms with Gasteiger partial charge in [-0.05, 0) is 29.8 Å². The minimum atomic E-state index is -3.92. The van der Waals surface area contributed by atoms with Crippen LogP contribution in [0.15, 0.2) is 45.9 Å². The Morgan fingerprint density at radius 3 is 2.33 bits per heavy atom. The minimum Gasteiger partial charge on any atom is -0.508 e. The summed E-state index contributed by atoms with van der Waals surface area (Å²) in [6, 6.07) is 8.27. The molecule has 21 heavy (non-hydrogen) atoms. The average molecular weight is 311 g/mol. The van der Waals surface area contributed by atoms with Gasteiger partial charge < -0.3 is 14.6 Å². The highest BCUT2D eigenvalue weighted by Gasteiger charge is 2.25. The molecule has 0 saturated carbocycles. The Morgan fingerprint density at radius 2 is 1.81 bits per heavy atom. The SMILES string of the molecule is CN(Cc1ccc(O)cc1)S(=O)(=O)c1ccc(C(=O)O)o1. The molecule has 0 aliphatic rings. The van der Waals surface area contributed by atoms with E-state index < -0.39 is 26.8 Å². The van der Waals surface area contributed by atoms with Gasteiger partial charge in [0.25, 0.3) is 10.0 Å². The first-order valence-electron chi connectivity index (χ1n) is 5.88. The third-order valence-corrected chi connectivity index (χ3v) is 4.48. The Labute approximate surface area is 121 Å². The fourth-order valence-electron chi connectivity index (χ4n) is 1.67. The Kier molecular flexibility index (Phi) is 4.01. The van der Waals surface area contributed by atoms with E-state index in [1.807, 2.05) is 0 Å². The molecule has 1 aromatic carbocycles. The number of aromatic carboxylic acids is 1. The van der Waals surface area contributed by atoms with Crippen LogP contribution in [0.1, 0.15) is 16.1 Å². The zero-order chi connectivity index (χ0) is 15.6. The van der Waals surface area contributed by atoms with Crippen molar-refractivity contribution in [1.29, 1.82) is 0 Å². The third-order valence-electron chi connectivity index (χ3n) is 2.80. The molecule has 2 N–H and O–H groups in total. The number of sulfonamides is 1. The molecule has 2 aromatic rings. The lowest BCUT2D eigenvalue weighted by atomic mass is 10.2. The van der Waals surface area contributed by atoms with Crippen LogP contribution in [-0.2, 0) is 16.6 Å². The Balaban J connectivity index is 2.21. The van der Waals surface area contributed by atoms with Gasteiger partial charge in [-0.2, -0.15) is 4.31 Å². The summed E-state index contributed by atoms with van der Waals surface area (Å²) in [5, 5.41) is 17.5. The van der Waals surface area contributed by atoms with E-state index in [1.165, 1.54) is 19.2 Å². The van der Waals surface area contributed by atoms with Crippen LogP contribution >= 0.6 is 0 Å². The molecule has 0 spiro atoms. The number of hydrogen-bond donors (Lipinski definition) is 2. The van der Waals surface area contributed by atoms with Crippen LogP contribution in [0.3, 0.4) is 0 Å². The molecule has 2 rings (SSSR count). The van der Waals surface area contributed by atoms with Crippen LogP contribution in [0, 0.1) is 0 Å². The highest BCUT2D eigenvalue weighted by atomic mass is 32.2. The molecule has 0 bridgehead atoms. The number of carbonyl (C=O) groups is 1. The van der Waals surface area contributed by atoms with Crippen LogP contribution in [0.2, 0.25) is 0 Å².